The molecule has 10 N–H and O–H groups in total. The molecule has 11 atom stereocenters. The van der Waals surface area contributed by atoms with Crippen molar-refractivity contribution in [3.63, 3.8) is 0 Å². The van der Waals surface area contributed by atoms with Crippen LogP contribution in [0.4, 0.5) is 0 Å². The van der Waals surface area contributed by atoms with Gasteiger partial charge in [0.05, 0.1) is 49.7 Å². The Morgan fingerprint density at radius 1 is 0.833 bits per heavy atom. The van der Waals surface area contributed by atoms with Crippen molar-refractivity contribution >= 4 is 121 Å². The van der Waals surface area contributed by atoms with E-state index in [1.165, 1.54) is 78.9 Å². The molecule has 0 aliphatic carbocycles. The predicted molar refractivity (Wildman–Crippen MR) is 366 cm³/mol. The minimum Gasteiger partial charge on any atom is -0.506 e. The molecule has 1 fully saturated rings. The highest BCUT2D eigenvalue weighted by Gasteiger charge is 2.50. The summed E-state index contributed by atoms with van der Waals surface area (Å²) in [5, 5.41) is 77.4. The van der Waals surface area contributed by atoms with E-state index < -0.39 is 145 Å². The molecule has 4 aliphatic rings. The number of cyclic esters (lactones) is 2. The smallest absolute Gasteiger partial charge is 0.358 e. The summed E-state index contributed by atoms with van der Waals surface area (Å²) >= 11 is 4.51. The van der Waals surface area contributed by atoms with Gasteiger partial charge >= 0.3 is 11.9 Å². The van der Waals surface area contributed by atoms with E-state index in [9.17, 15) is 44.8 Å². The van der Waals surface area contributed by atoms with E-state index in [2.05, 4.69) is 41.5 Å². The van der Waals surface area contributed by atoms with Gasteiger partial charge in [-0.1, -0.05) is 12.1 Å². The molecule has 7 aromatic heterocycles. The molecule has 1 saturated heterocycles. The summed E-state index contributed by atoms with van der Waals surface area (Å²) in [5.74, 6) is -7.64. The maximum Gasteiger partial charge on any atom is 0.358 e. The molecule has 11 heterocycles. The van der Waals surface area contributed by atoms with E-state index in [1.54, 1.807) is 45.0 Å². The number of hydrogen-bond acceptors (Lipinski definition) is 31. The first kappa shape index (κ1) is 72.5. The van der Waals surface area contributed by atoms with Crippen LogP contribution in [0, 0.1) is 0 Å². The van der Waals surface area contributed by atoms with Gasteiger partial charge in [-0.05, 0) is 66.4 Å². The van der Waals surface area contributed by atoms with Crippen LogP contribution in [0.3, 0.4) is 0 Å². The number of ether oxygens (including phenoxy) is 6. The highest BCUT2D eigenvalue weighted by Crippen LogP contribution is 2.43. The van der Waals surface area contributed by atoms with Gasteiger partial charge in [0, 0.05) is 63.4 Å². The van der Waals surface area contributed by atoms with Crippen LogP contribution >= 0.6 is 56.7 Å². The second-order valence-corrected chi connectivity index (χ2v) is 29.1. The molecule has 6 amide bonds. The lowest BCUT2D eigenvalue weighted by atomic mass is 9.85. The summed E-state index contributed by atoms with van der Waals surface area (Å²) < 4.78 is 38.3. The van der Waals surface area contributed by atoms with E-state index in [1.807, 2.05) is 0 Å². The number of aromatic nitrogens is 7. The molecule has 102 heavy (non-hydrogen) atoms. The molecule has 0 radical (unpaired) electrons. The lowest BCUT2D eigenvalue weighted by Crippen LogP contribution is -2.62. The molecule has 12 rings (SSSR count). The van der Waals surface area contributed by atoms with Crippen molar-refractivity contribution in [1.82, 2.24) is 71.0 Å². The quantitative estimate of drug-likeness (QED) is 0.0501. The molecule has 0 spiro atoms. The first-order valence-electron chi connectivity index (χ1n) is 31.5. The number of likely N-dealkylation sites (N-methyl/N-ethyl adjacent to an activating group) is 2. The minimum atomic E-state index is -1.92. The Morgan fingerprint density at radius 2 is 1.50 bits per heavy atom. The van der Waals surface area contributed by atoms with Gasteiger partial charge in [0.25, 0.3) is 23.6 Å². The second-order valence-electron chi connectivity index (χ2n) is 24.7. The zero-order valence-corrected chi connectivity index (χ0v) is 59.8. The first-order chi connectivity index (χ1) is 48.6. The molecular formula is C64H68N14O19S5. The third-order valence-corrected chi connectivity index (χ3v) is 21.8. The number of hydrogen-bond donors (Lipinski definition) is 10. The van der Waals surface area contributed by atoms with Gasteiger partial charge in [0.1, 0.15) is 126 Å². The maximum absolute atomic E-state index is 15.2. The van der Waals surface area contributed by atoms with Crippen molar-refractivity contribution in [1.29, 1.82) is 0 Å². The molecule has 0 unspecified atom stereocenters. The van der Waals surface area contributed by atoms with E-state index >= 15 is 19.2 Å². The number of esters is 2. The molecule has 33 nitrogen and oxygen atoms in total. The van der Waals surface area contributed by atoms with Gasteiger partial charge in [0.15, 0.2) is 18.1 Å². The summed E-state index contributed by atoms with van der Waals surface area (Å²) in [4.78, 5) is 147. The number of benzene rings is 1. The van der Waals surface area contributed by atoms with Crippen LogP contribution in [0.15, 0.2) is 56.9 Å². The zero-order valence-electron chi connectivity index (χ0n) is 55.7. The van der Waals surface area contributed by atoms with Gasteiger partial charge in [-0.15, -0.1) is 56.7 Å². The topological polar surface area (TPSA) is 442 Å². The van der Waals surface area contributed by atoms with Crippen LogP contribution in [-0.2, 0) is 56.0 Å². The number of aliphatic hydroxyl groups excluding tert-OH is 2. The molecule has 538 valence electrons. The molecule has 0 saturated carbocycles. The fourth-order valence-electron chi connectivity index (χ4n) is 12.4. The number of carbonyl (C=O) groups is 8. The lowest BCUT2D eigenvalue weighted by Gasteiger charge is -2.48. The number of rotatable bonds is 11. The molecular weight excluding hydrogens is 1430 g/mol. The van der Waals surface area contributed by atoms with E-state index in [0.29, 0.717) is 10.3 Å². The van der Waals surface area contributed by atoms with Crippen molar-refractivity contribution in [2.24, 2.45) is 0 Å². The largest absolute Gasteiger partial charge is 0.506 e. The highest BCUT2D eigenvalue weighted by atomic mass is 32.1. The summed E-state index contributed by atoms with van der Waals surface area (Å²) in [6.45, 7) is 5.41. The van der Waals surface area contributed by atoms with Gasteiger partial charge in [-0.25, -0.2) is 39.5 Å². The molecule has 38 heteroatoms. The van der Waals surface area contributed by atoms with Crippen molar-refractivity contribution < 1.29 is 92.4 Å². The number of nitrogens with one attached hydrogen (secondary N) is 5. The fraction of sp³-hybridized carbons (Fsp3) is 0.406. The Hall–Kier alpha value is -9.32. The maximum atomic E-state index is 15.2. The number of amides is 6. The predicted octanol–water partition coefficient (Wildman–Crippen LogP) is 3.73. The van der Waals surface area contributed by atoms with Crippen LogP contribution in [0.1, 0.15) is 132 Å². The van der Waals surface area contributed by atoms with Crippen molar-refractivity contribution in [2.75, 3.05) is 48.0 Å². The van der Waals surface area contributed by atoms with Crippen molar-refractivity contribution in [3.05, 3.63) is 112 Å². The number of carbonyl (C=O) groups excluding carboxylic acids is 8. The number of aliphatic hydroxyl groups is 3. The molecule has 12 bridgehead atoms. The van der Waals surface area contributed by atoms with Crippen LogP contribution in [-0.4, -0.2) is 220 Å². The normalized spacial score (nSPS) is 23.9. The van der Waals surface area contributed by atoms with E-state index in [0.717, 1.165) is 56.7 Å². The van der Waals surface area contributed by atoms with Crippen LogP contribution in [0.25, 0.3) is 49.3 Å². The number of thiazole rings is 5. The first-order valence-corrected chi connectivity index (χ1v) is 35.9. The molecule has 4 aliphatic heterocycles. The van der Waals surface area contributed by atoms with Crippen LogP contribution in [0.5, 0.6) is 5.75 Å². The second kappa shape index (κ2) is 29.6. The van der Waals surface area contributed by atoms with Crippen LogP contribution in [0.2, 0.25) is 0 Å². The number of fused-ring (bicyclic) bond motifs is 15. The third-order valence-electron chi connectivity index (χ3n) is 17.3. The Morgan fingerprint density at radius 3 is 2.22 bits per heavy atom. The fourth-order valence-corrected chi connectivity index (χ4v) is 16.6. The molecule has 1 aromatic carbocycles. The Labute approximate surface area is 599 Å². The Balaban J connectivity index is 1.02. The molecule has 8 aromatic rings. The number of pyridine rings is 1. The average Bonchev–Trinajstić information content (AvgIpc) is 1.52. The highest BCUT2D eigenvalue weighted by molar-refractivity contribution is 7.14. The van der Waals surface area contributed by atoms with Crippen molar-refractivity contribution in [2.45, 2.75) is 121 Å². The third kappa shape index (κ3) is 14.4. The minimum absolute atomic E-state index is 0.00972. The van der Waals surface area contributed by atoms with Crippen LogP contribution < -0.4 is 26.6 Å². The Kier molecular flexibility index (Phi) is 21.0. The summed E-state index contributed by atoms with van der Waals surface area (Å²) in [7, 11) is 6.30. The van der Waals surface area contributed by atoms with Gasteiger partial charge in [-0.3, -0.25) is 28.8 Å². The van der Waals surface area contributed by atoms with Gasteiger partial charge < -0.3 is 90.4 Å². The van der Waals surface area contributed by atoms with Gasteiger partial charge in [-0.2, -0.15) is 4.73 Å². The lowest BCUT2D eigenvalue weighted by molar-refractivity contribution is -0.280. The van der Waals surface area contributed by atoms with E-state index in [4.69, 9.17) is 43.4 Å². The SMILES string of the molecule is CO/C(C)=C1/NC(=O)[C@H]([C@@H](C)O)NC(=O)c2csc(n2)-c2cc(O)c(-c3nc(C(=O)N[C@@H](C)C(=O)N(C)CCO)cs3)nc2-c2csc(n2)[C@@H]2COC(=O)c3c4c5c(cccc5n3O)COC(=O)[C@@H](O[C@H]3C[C@](C)(O)[C@H](N(C)C)[C@H](C)O3)[C@@H](OC4)[C@H](NC(=O)c3csc1n3)c1nc(cs1)C(=O)N2. The number of methoxy groups -OCH3 is 1. The summed E-state index contributed by atoms with van der Waals surface area (Å²) in [6.07, 6.45) is -7.57. The average molecular weight is 1500 g/mol. The zero-order chi connectivity index (χ0) is 72.9. The van der Waals surface area contributed by atoms with E-state index in [-0.39, 0.29) is 118 Å². The number of nitrogens with zero attached hydrogens (tertiary/aromatic N) is 9. The summed E-state index contributed by atoms with van der Waals surface area (Å²) in [6, 6.07) is -0.392. The number of allylic oxidation sites excluding steroid dienone is 1. The van der Waals surface area contributed by atoms with Gasteiger partial charge in [0.2, 0.25) is 11.8 Å². The monoisotopic (exact) mass is 1500 g/mol. The standard InChI is InChI=1S/C64H68N14O19S5/c1-25(61(87)77(8)13-14-79)65-51(82)34-22-101-59(70-34)45-39(81)15-30-44(72-45)33-20-99-57(67-33)32-19-95-62(88)47-31-18-93-48(49(97-40-16-64(5,90)50(76(6)7)28(4)96-40)63(89)94-17-29-11-10-12-38(41(29)31)78(47)91)46(60-71-35(23-102-60)52(83)66-32)75-54(85)37-24-100-58(69-37)43(27(3)92-9)74-55(86)42(26(2)80)73-53(84)36-21-98-56(30)68-36/h10-12,15,20-26,28,32,40,42,46,48-50,79-81,90-91H,13-14,16-19H2,1-9H3,(H,65,82)(H,66,83)(H,73,84)(H,74,86)(H,75,85)/b43-27+/t25-,26+,28-,32-,40-,42-,46-,48-,49-,50+,64-/m0/s1. The summed E-state index contributed by atoms with van der Waals surface area (Å²) in [5.41, 5.74) is -2.77. The number of aromatic hydroxyl groups is 1. The van der Waals surface area contributed by atoms with Crippen molar-refractivity contribution in [3.8, 4) is 38.4 Å². The Bertz CT molecular complexity index is 4650.